The van der Waals surface area contributed by atoms with Gasteiger partial charge in [-0.3, -0.25) is 14.5 Å². The quantitative estimate of drug-likeness (QED) is 0.744. The number of amides is 2. The van der Waals surface area contributed by atoms with E-state index >= 15 is 0 Å². The van der Waals surface area contributed by atoms with Gasteiger partial charge >= 0.3 is 0 Å². The highest BCUT2D eigenvalue weighted by Crippen LogP contribution is 2.48. The van der Waals surface area contributed by atoms with Crippen LogP contribution in [0.15, 0.2) is 24.3 Å². The van der Waals surface area contributed by atoms with Crippen LogP contribution in [0.2, 0.25) is 0 Å². The van der Waals surface area contributed by atoms with Crippen molar-refractivity contribution in [3.05, 3.63) is 35.6 Å². The molecule has 3 aliphatic heterocycles. The van der Waals surface area contributed by atoms with Gasteiger partial charge in [-0.1, -0.05) is 19.1 Å². The molecule has 0 aromatic heterocycles. The maximum absolute atomic E-state index is 13.3. The second-order valence-corrected chi connectivity index (χ2v) is 9.38. The number of benzene rings is 1. The summed E-state index contributed by atoms with van der Waals surface area (Å²) >= 11 is 0. The number of hydrogen-bond donors (Lipinski definition) is 1. The van der Waals surface area contributed by atoms with Crippen LogP contribution in [0, 0.1) is 23.1 Å². The van der Waals surface area contributed by atoms with Crippen molar-refractivity contribution >= 4 is 11.8 Å². The van der Waals surface area contributed by atoms with Gasteiger partial charge in [0.1, 0.15) is 11.9 Å². The Morgan fingerprint density at radius 3 is 2.68 bits per heavy atom. The molecular formula is C23H28FN5O2. The third-order valence-corrected chi connectivity index (χ3v) is 7.55. The van der Waals surface area contributed by atoms with Crippen LogP contribution < -0.4 is 5.73 Å². The van der Waals surface area contributed by atoms with Crippen molar-refractivity contribution in [3.63, 3.8) is 0 Å². The fraction of sp³-hybridized carbons (Fsp3) is 0.609. The molecule has 1 saturated carbocycles. The fourth-order valence-electron chi connectivity index (χ4n) is 5.99. The maximum Gasteiger partial charge on any atom is 0.242 e. The molecule has 2 amide bonds. The van der Waals surface area contributed by atoms with E-state index in [9.17, 15) is 19.2 Å². The van der Waals surface area contributed by atoms with Gasteiger partial charge in [-0.2, -0.15) is 5.26 Å². The van der Waals surface area contributed by atoms with Gasteiger partial charge in [0.15, 0.2) is 0 Å². The van der Waals surface area contributed by atoms with E-state index in [1.54, 1.807) is 17.0 Å². The molecule has 5 rings (SSSR count). The van der Waals surface area contributed by atoms with Crippen molar-refractivity contribution in [3.8, 4) is 6.07 Å². The van der Waals surface area contributed by atoms with E-state index < -0.39 is 6.04 Å². The van der Waals surface area contributed by atoms with Crippen LogP contribution in [0.25, 0.3) is 0 Å². The Kier molecular flexibility index (Phi) is 4.98. The molecule has 1 unspecified atom stereocenters. The van der Waals surface area contributed by atoms with E-state index in [1.165, 1.54) is 12.1 Å². The third-order valence-electron chi connectivity index (χ3n) is 7.55. The number of piperidine rings is 1. The number of carbonyl (C=O) groups is 2. The number of halogens is 1. The van der Waals surface area contributed by atoms with Crippen molar-refractivity contribution in [2.75, 3.05) is 13.1 Å². The third kappa shape index (κ3) is 3.31. The molecule has 164 valence electrons. The number of hydrogen-bond acceptors (Lipinski definition) is 5. The summed E-state index contributed by atoms with van der Waals surface area (Å²) in [6.45, 7) is 3.05. The first-order valence-corrected chi connectivity index (χ1v) is 11.2. The Morgan fingerprint density at radius 1 is 1.29 bits per heavy atom. The number of piperazine rings is 1. The van der Waals surface area contributed by atoms with Crippen LogP contribution in [0.3, 0.4) is 0 Å². The van der Waals surface area contributed by atoms with Crippen LogP contribution >= 0.6 is 0 Å². The Balaban J connectivity index is 1.25. The largest absolute Gasteiger partial charge is 0.330 e. The molecule has 0 radical (unpaired) electrons. The Labute approximate surface area is 181 Å². The van der Waals surface area contributed by atoms with Gasteiger partial charge < -0.3 is 15.5 Å². The molecule has 4 aliphatic rings. The maximum atomic E-state index is 13.3. The number of fused-ring (bicyclic) bond motifs is 3. The molecule has 2 bridgehead atoms. The minimum atomic E-state index is -0.727. The highest BCUT2D eigenvalue weighted by molar-refractivity contribution is 5.87. The lowest BCUT2D eigenvalue weighted by atomic mass is 10.0. The number of carbonyl (C=O) groups excluding carboxylic acids is 2. The predicted molar refractivity (Wildman–Crippen MR) is 111 cm³/mol. The van der Waals surface area contributed by atoms with Gasteiger partial charge in [-0.15, -0.1) is 0 Å². The lowest BCUT2D eigenvalue weighted by molar-refractivity contribution is -0.141. The van der Waals surface area contributed by atoms with Crippen molar-refractivity contribution < 1.29 is 14.0 Å². The minimum Gasteiger partial charge on any atom is -0.330 e. The molecule has 7 atom stereocenters. The number of likely N-dealkylation sites (tertiary alicyclic amines) is 3. The summed E-state index contributed by atoms with van der Waals surface area (Å²) < 4.78 is 13.3. The first kappa shape index (κ1) is 20.4. The Bertz CT molecular complexity index is 931. The molecule has 7 nitrogen and oxygen atoms in total. The molecule has 1 aromatic rings. The summed E-state index contributed by atoms with van der Waals surface area (Å²) in [4.78, 5) is 31.8. The summed E-state index contributed by atoms with van der Waals surface area (Å²) in [6, 6.07) is 7.42. The van der Waals surface area contributed by atoms with E-state index in [4.69, 9.17) is 5.73 Å². The molecule has 31 heavy (non-hydrogen) atoms. The highest BCUT2D eigenvalue weighted by Gasteiger charge is 2.56. The zero-order valence-corrected chi connectivity index (χ0v) is 17.7. The molecule has 0 spiro atoms. The average molecular weight is 426 g/mol. The van der Waals surface area contributed by atoms with Gasteiger partial charge in [0.2, 0.25) is 11.8 Å². The normalized spacial score (nSPS) is 33.4. The Hall–Kier alpha value is -2.50. The van der Waals surface area contributed by atoms with Crippen molar-refractivity contribution in [1.29, 1.82) is 5.26 Å². The number of rotatable bonds is 6. The van der Waals surface area contributed by atoms with E-state index in [1.807, 2.05) is 16.7 Å². The topological polar surface area (TPSA) is 93.7 Å². The second-order valence-electron chi connectivity index (χ2n) is 9.38. The van der Waals surface area contributed by atoms with Crippen molar-refractivity contribution in [2.45, 2.75) is 68.9 Å². The summed E-state index contributed by atoms with van der Waals surface area (Å²) in [5.74, 6) is 0.0646. The van der Waals surface area contributed by atoms with E-state index in [2.05, 4.69) is 6.07 Å². The summed E-state index contributed by atoms with van der Waals surface area (Å²) in [7, 11) is 0. The van der Waals surface area contributed by atoms with Crippen LogP contribution in [-0.4, -0.2) is 69.8 Å². The van der Waals surface area contributed by atoms with Crippen molar-refractivity contribution in [2.24, 2.45) is 11.7 Å². The monoisotopic (exact) mass is 425 g/mol. The second kappa shape index (κ2) is 7.57. The highest BCUT2D eigenvalue weighted by atomic mass is 19.1. The lowest BCUT2D eigenvalue weighted by Gasteiger charge is -2.39. The number of nitrogens with two attached hydrogens (primary N) is 1. The van der Waals surface area contributed by atoms with Crippen LogP contribution in [0.5, 0.6) is 0 Å². The van der Waals surface area contributed by atoms with Crippen LogP contribution in [0.4, 0.5) is 4.39 Å². The number of nitrogens with zero attached hydrogens (tertiary/aromatic N) is 4. The minimum absolute atomic E-state index is 0.0606. The van der Waals surface area contributed by atoms with E-state index in [0.717, 1.165) is 31.2 Å². The summed E-state index contributed by atoms with van der Waals surface area (Å²) in [5, 5.41) is 9.36. The smallest absolute Gasteiger partial charge is 0.242 e. The standard InChI is InChI=1S/C23H28FN5O2/c1-2-19(13-3-5-15(24)6-4-13)29-17-9-21(23(29)31)27(11-17)12-18(26)22(30)28-16(10-25)7-14-8-20(14)28/h3-6,14,16-21H,2,7-9,11-12,26H2,1H3/t14-,16+,17-,18+,19-,20?,21-/m1/s1. The van der Waals surface area contributed by atoms with Gasteiger partial charge in [-0.25, -0.2) is 4.39 Å². The van der Waals surface area contributed by atoms with E-state index in [-0.39, 0.29) is 47.8 Å². The molecule has 8 heteroatoms. The molecule has 3 heterocycles. The SMILES string of the molecule is CC[C@H](c1ccc(F)cc1)N1C(=O)[C@H]2C[C@@H]1CN2C[C@H](N)C(=O)N1C2C[C@H]2C[C@H]1C#N. The molecule has 4 fully saturated rings. The van der Waals surface area contributed by atoms with Gasteiger partial charge in [0.25, 0.3) is 0 Å². The molecule has 1 aromatic carbocycles. The van der Waals surface area contributed by atoms with E-state index in [0.29, 0.717) is 19.0 Å². The molecule has 3 saturated heterocycles. The van der Waals surface area contributed by atoms with Crippen molar-refractivity contribution in [1.82, 2.24) is 14.7 Å². The molecule has 2 N–H and O–H groups in total. The van der Waals surface area contributed by atoms with Gasteiger partial charge in [0, 0.05) is 25.2 Å². The first-order valence-electron chi connectivity index (χ1n) is 11.2. The first-order chi connectivity index (χ1) is 14.9. The zero-order valence-electron chi connectivity index (χ0n) is 17.7. The van der Waals surface area contributed by atoms with Crippen LogP contribution in [-0.2, 0) is 9.59 Å². The molecular weight excluding hydrogens is 397 g/mol. The Morgan fingerprint density at radius 2 is 2.03 bits per heavy atom. The fourth-order valence-corrected chi connectivity index (χ4v) is 5.99. The zero-order chi connectivity index (χ0) is 21.9. The predicted octanol–water partition coefficient (Wildman–Crippen LogP) is 1.40. The van der Waals surface area contributed by atoms with Gasteiger partial charge in [-0.05, 0) is 49.3 Å². The average Bonchev–Trinajstić information content (AvgIpc) is 3.10. The van der Waals surface area contributed by atoms with Crippen LogP contribution in [0.1, 0.15) is 44.2 Å². The number of nitriles is 1. The lowest BCUT2D eigenvalue weighted by Crippen LogP contribution is -2.57. The molecule has 1 aliphatic carbocycles. The summed E-state index contributed by atoms with van der Waals surface area (Å²) in [5.41, 5.74) is 7.22. The van der Waals surface area contributed by atoms with Gasteiger partial charge in [0.05, 0.1) is 24.2 Å². The summed E-state index contributed by atoms with van der Waals surface area (Å²) in [6.07, 6.45) is 3.21.